The standard InChI is InChI=1S/C18H29N3O2/c1-14-6-4-7-15(2)18(14)23-11-9-20-17(22)13-21-10-5-8-16(12-21)19-3/h4,6-7,16,19H,5,8-13H2,1-3H3,(H,20,22). The summed E-state index contributed by atoms with van der Waals surface area (Å²) < 4.78 is 5.80. The number of ether oxygens (including phenoxy) is 1. The molecule has 1 amide bonds. The van der Waals surface area contributed by atoms with Gasteiger partial charge in [-0.15, -0.1) is 0 Å². The highest BCUT2D eigenvalue weighted by atomic mass is 16.5. The zero-order chi connectivity index (χ0) is 16.7. The second-order valence-electron chi connectivity index (χ2n) is 6.28. The van der Waals surface area contributed by atoms with Crippen LogP contribution in [0.15, 0.2) is 18.2 Å². The lowest BCUT2D eigenvalue weighted by Gasteiger charge is -2.31. The molecule has 1 heterocycles. The Labute approximate surface area is 139 Å². The summed E-state index contributed by atoms with van der Waals surface area (Å²) in [7, 11) is 1.99. The summed E-state index contributed by atoms with van der Waals surface area (Å²) in [6.07, 6.45) is 2.34. The molecule has 2 rings (SSSR count). The average molecular weight is 319 g/mol. The maximum absolute atomic E-state index is 12.0. The van der Waals surface area contributed by atoms with E-state index in [2.05, 4.69) is 15.5 Å². The van der Waals surface area contributed by atoms with Crippen molar-refractivity contribution in [3.63, 3.8) is 0 Å². The number of benzene rings is 1. The second kappa shape index (κ2) is 8.89. The number of hydrogen-bond acceptors (Lipinski definition) is 4. The quantitative estimate of drug-likeness (QED) is 0.748. The van der Waals surface area contributed by atoms with Gasteiger partial charge in [-0.05, 0) is 51.4 Å². The lowest BCUT2D eigenvalue weighted by molar-refractivity contribution is -0.122. The fraction of sp³-hybridized carbons (Fsp3) is 0.611. The van der Waals surface area contributed by atoms with Crippen molar-refractivity contribution in [3.05, 3.63) is 29.3 Å². The van der Waals surface area contributed by atoms with Crippen LogP contribution in [0.3, 0.4) is 0 Å². The Kier molecular flexibility index (Phi) is 6.86. The normalized spacial score (nSPS) is 18.7. The van der Waals surface area contributed by atoms with Crippen molar-refractivity contribution in [1.82, 2.24) is 15.5 Å². The zero-order valence-corrected chi connectivity index (χ0v) is 14.5. The summed E-state index contributed by atoms with van der Waals surface area (Å²) in [5.41, 5.74) is 2.26. The topological polar surface area (TPSA) is 53.6 Å². The van der Waals surface area contributed by atoms with E-state index in [0.29, 0.717) is 25.7 Å². The number of para-hydroxylation sites is 1. The van der Waals surface area contributed by atoms with Crippen LogP contribution in [0.1, 0.15) is 24.0 Å². The van der Waals surface area contributed by atoms with Gasteiger partial charge in [0.25, 0.3) is 0 Å². The van der Waals surface area contributed by atoms with Gasteiger partial charge >= 0.3 is 0 Å². The molecule has 128 valence electrons. The molecular weight excluding hydrogens is 290 g/mol. The first-order valence-corrected chi connectivity index (χ1v) is 8.45. The highest BCUT2D eigenvalue weighted by Gasteiger charge is 2.19. The highest BCUT2D eigenvalue weighted by Crippen LogP contribution is 2.21. The van der Waals surface area contributed by atoms with Crippen molar-refractivity contribution in [2.45, 2.75) is 32.7 Å². The van der Waals surface area contributed by atoms with Crippen LogP contribution in [-0.2, 0) is 4.79 Å². The fourth-order valence-electron chi connectivity index (χ4n) is 3.06. The van der Waals surface area contributed by atoms with Crippen LogP contribution >= 0.6 is 0 Å². The number of carbonyl (C=O) groups excluding carboxylic acids is 1. The van der Waals surface area contributed by atoms with Crippen molar-refractivity contribution < 1.29 is 9.53 Å². The van der Waals surface area contributed by atoms with Crippen LogP contribution in [0, 0.1) is 13.8 Å². The Bertz CT molecular complexity index is 499. The molecule has 0 saturated carbocycles. The van der Waals surface area contributed by atoms with Gasteiger partial charge in [-0.1, -0.05) is 18.2 Å². The molecule has 23 heavy (non-hydrogen) atoms. The van der Waals surface area contributed by atoms with Gasteiger partial charge in [0.2, 0.25) is 5.91 Å². The van der Waals surface area contributed by atoms with Gasteiger partial charge in [-0.25, -0.2) is 0 Å². The number of amides is 1. The third kappa shape index (κ3) is 5.52. The van der Waals surface area contributed by atoms with Gasteiger partial charge in [0.15, 0.2) is 0 Å². The molecule has 5 nitrogen and oxygen atoms in total. The number of aryl methyl sites for hydroxylation is 2. The van der Waals surface area contributed by atoms with Crippen LogP contribution < -0.4 is 15.4 Å². The van der Waals surface area contributed by atoms with Crippen LogP contribution in [0.4, 0.5) is 0 Å². The maximum atomic E-state index is 12.0. The number of likely N-dealkylation sites (N-methyl/N-ethyl adjacent to an activating group) is 1. The monoisotopic (exact) mass is 319 g/mol. The zero-order valence-electron chi connectivity index (χ0n) is 14.5. The summed E-state index contributed by atoms with van der Waals surface area (Å²) >= 11 is 0. The Hall–Kier alpha value is -1.59. The van der Waals surface area contributed by atoms with Gasteiger partial charge < -0.3 is 15.4 Å². The molecular formula is C18H29N3O2. The van der Waals surface area contributed by atoms with Gasteiger partial charge in [-0.3, -0.25) is 9.69 Å². The number of carbonyl (C=O) groups is 1. The minimum absolute atomic E-state index is 0.0758. The van der Waals surface area contributed by atoms with Gasteiger partial charge in [0.1, 0.15) is 12.4 Å². The average Bonchev–Trinajstić information content (AvgIpc) is 2.54. The molecule has 1 unspecified atom stereocenters. The van der Waals surface area contributed by atoms with Crippen molar-refractivity contribution >= 4 is 5.91 Å². The van der Waals surface area contributed by atoms with Crippen molar-refractivity contribution in [3.8, 4) is 5.75 Å². The molecule has 0 bridgehead atoms. The Morgan fingerprint density at radius 3 is 2.78 bits per heavy atom. The van der Waals surface area contributed by atoms with Crippen LogP contribution in [0.2, 0.25) is 0 Å². The van der Waals surface area contributed by atoms with Crippen LogP contribution in [0.5, 0.6) is 5.75 Å². The van der Waals surface area contributed by atoms with E-state index in [1.807, 2.05) is 39.1 Å². The molecule has 1 atom stereocenters. The summed E-state index contributed by atoms with van der Waals surface area (Å²) in [6.45, 7) is 7.53. The molecule has 0 spiro atoms. The van der Waals surface area contributed by atoms with E-state index >= 15 is 0 Å². The molecule has 1 fully saturated rings. The van der Waals surface area contributed by atoms with Gasteiger partial charge in [-0.2, -0.15) is 0 Å². The van der Waals surface area contributed by atoms with Crippen molar-refractivity contribution in [1.29, 1.82) is 0 Å². The number of rotatable bonds is 7. The summed E-state index contributed by atoms with van der Waals surface area (Å²) in [5.74, 6) is 1.00. The van der Waals surface area contributed by atoms with Gasteiger partial charge in [0.05, 0.1) is 13.1 Å². The van der Waals surface area contributed by atoms with E-state index in [9.17, 15) is 4.79 Å². The molecule has 1 aliphatic heterocycles. The third-order valence-corrected chi connectivity index (χ3v) is 4.36. The summed E-state index contributed by atoms with van der Waals surface area (Å²) in [5, 5.41) is 6.24. The molecule has 2 N–H and O–H groups in total. The molecule has 0 radical (unpaired) electrons. The van der Waals surface area contributed by atoms with E-state index < -0.39 is 0 Å². The van der Waals surface area contributed by atoms with E-state index in [-0.39, 0.29) is 5.91 Å². The minimum Gasteiger partial charge on any atom is -0.491 e. The lowest BCUT2D eigenvalue weighted by atomic mass is 10.1. The highest BCUT2D eigenvalue weighted by molar-refractivity contribution is 5.78. The number of piperidine rings is 1. The number of likely N-dealkylation sites (tertiary alicyclic amines) is 1. The molecule has 0 aliphatic carbocycles. The smallest absolute Gasteiger partial charge is 0.234 e. The number of nitrogens with zero attached hydrogens (tertiary/aromatic N) is 1. The molecule has 1 aliphatic rings. The summed E-state index contributed by atoms with van der Waals surface area (Å²) in [6, 6.07) is 6.60. The Balaban J connectivity index is 1.67. The molecule has 0 aromatic heterocycles. The molecule has 5 heteroatoms. The number of hydrogen-bond donors (Lipinski definition) is 2. The third-order valence-electron chi connectivity index (χ3n) is 4.36. The number of nitrogens with one attached hydrogen (secondary N) is 2. The van der Waals surface area contributed by atoms with Gasteiger partial charge in [0, 0.05) is 12.6 Å². The predicted octanol–water partition coefficient (Wildman–Crippen LogP) is 1.48. The van der Waals surface area contributed by atoms with E-state index in [4.69, 9.17) is 4.74 Å². The van der Waals surface area contributed by atoms with Crippen molar-refractivity contribution in [2.75, 3.05) is 39.8 Å². The molecule has 1 aromatic rings. The minimum atomic E-state index is 0.0758. The molecule has 1 aromatic carbocycles. The largest absolute Gasteiger partial charge is 0.491 e. The fourth-order valence-corrected chi connectivity index (χ4v) is 3.06. The lowest BCUT2D eigenvalue weighted by Crippen LogP contribution is -2.48. The van der Waals surface area contributed by atoms with Crippen molar-refractivity contribution in [2.24, 2.45) is 0 Å². The van der Waals surface area contributed by atoms with E-state index in [0.717, 1.165) is 36.4 Å². The Morgan fingerprint density at radius 2 is 2.09 bits per heavy atom. The molecule has 1 saturated heterocycles. The summed E-state index contributed by atoms with van der Waals surface area (Å²) in [4.78, 5) is 14.2. The van der Waals surface area contributed by atoms with Crippen LogP contribution in [0.25, 0.3) is 0 Å². The SMILES string of the molecule is CNC1CCCN(CC(=O)NCCOc2c(C)cccc2C)C1. The van der Waals surface area contributed by atoms with E-state index in [1.165, 1.54) is 6.42 Å². The first kappa shape index (κ1) is 17.8. The predicted molar refractivity (Wildman–Crippen MR) is 92.9 cm³/mol. The first-order chi connectivity index (χ1) is 11.1. The Morgan fingerprint density at radius 1 is 1.35 bits per heavy atom. The van der Waals surface area contributed by atoms with Crippen LogP contribution in [-0.4, -0.2) is 56.7 Å². The second-order valence-corrected chi connectivity index (χ2v) is 6.28. The first-order valence-electron chi connectivity index (χ1n) is 8.45. The maximum Gasteiger partial charge on any atom is 0.234 e. The van der Waals surface area contributed by atoms with E-state index in [1.54, 1.807) is 0 Å².